The van der Waals surface area contributed by atoms with E-state index < -0.39 is 0 Å². The van der Waals surface area contributed by atoms with Gasteiger partial charge in [-0.3, -0.25) is 9.80 Å². The number of benzene rings is 1. The predicted molar refractivity (Wildman–Crippen MR) is 86.8 cm³/mol. The first-order valence-electron chi connectivity index (χ1n) is 7.50. The fourth-order valence-electron chi connectivity index (χ4n) is 3.53. The molecule has 1 aromatic carbocycles. The van der Waals surface area contributed by atoms with Gasteiger partial charge in [-0.15, -0.1) is 0 Å². The zero-order valence-corrected chi connectivity index (χ0v) is 12.9. The molecule has 2 N–H and O–H groups in total. The highest BCUT2D eigenvalue weighted by Gasteiger charge is 2.34. The van der Waals surface area contributed by atoms with E-state index in [1.165, 1.54) is 38.0 Å². The van der Waals surface area contributed by atoms with Crippen molar-refractivity contribution in [2.45, 2.75) is 38.4 Å². The Morgan fingerprint density at radius 3 is 3.05 bits per heavy atom. The van der Waals surface area contributed by atoms with E-state index in [1.54, 1.807) is 0 Å². The molecule has 0 radical (unpaired) electrons. The van der Waals surface area contributed by atoms with Crippen molar-refractivity contribution >= 4 is 17.2 Å². The van der Waals surface area contributed by atoms with Crippen molar-refractivity contribution in [2.24, 2.45) is 5.73 Å². The second kappa shape index (κ2) is 5.80. The van der Waals surface area contributed by atoms with Crippen LogP contribution in [-0.2, 0) is 6.54 Å². The summed E-state index contributed by atoms with van der Waals surface area (Å²) >= 11 is 5.07. The summed E-state index contributed by atoms with van der Waals surface area (Å²) in [5, 5.41) is 0. The van der Waals surface area contributed by atoms with Crippen molar-refractivity contribution in [2.75, 3.05) is 19.6 Å². The lowest BCUT2D eigenvalue weighted by molar-refractivity contribution is 0.0540. The Kier molecular flexibility index (Phi) is 4.06. The lowest BCUT2D eigenvalue weighted by atomic mass is 10.1. The van der Waals surface area contributed by atoms with Gasteiger partial charge in [-0.1, -0.05) is 30.4 Å². The van der Waals surface area contributed by atoms with Gasteiger partial charge in [0.15, 0.2) is 0 Å². The predicted octanol–water partition coefficient (Wildman–Crippen LogP) is 1.99. The molecule has 0 spiro atoms. The van der Waals surface area contributed by atoms with Gasteiger partial charge in [-0.25, -0.2) is 0 Å². The molecular weight excluding hydrogens is 266 g/mol. The van der Waals surface area contributed by atoms with Gasteiger partial charge in [0.2, 0.25) is 0 Å². The van der Waals surface area contributed by atoms with E-state index >= 15 is 0 Å². The molecule has 2 aliphatic rings. The van der Waals surface area contributed by atoms with Gasteiger partial charge in [0, 0.05) is 37.3 Å². The van der Waals surface area contributed by atoms with Crippen LogP contribution in [0, 0.1) is 0 Å². The minimum Gasteiger partial charge on any atom is -0.389 e. The van der Waals surface area contributed by atoms with Gasteiger partial charge < -0.3 is 5.73 Å². The average Bonchev–Trinajstić information content (AvgIpc) is 2.86. The Morgan fingerprint density at radius 1 is 1.40 bits per heavy atom. The third-order valence-corrected chi connectivity index (χ3v) is 4.90. The fraction of sp³-hybridized carbons (Fsp3) is 0.562. The molecule has 2 saturated heterocycles. The molecule has 2 atom stereocenters. The van der Waals surface area contributed by atoms with Crippen LogP contribution in [0.2, 0.25) is 0 Å². The summed E-state index contributed by atoms with van der Waals surface area (Å²) in [6.45, 7) is 7.03. The molecule has 2 unspecified atom stereocenters. The van der Waals surface area contributed by atoms with Gasteiger partial charge in [0.25, 0.3) is 0 Å². The normalized spacial score (nSPS) is 27.4. The topological polar surface area (TPSA) is 32.5 Å². The number of fused-ring (bicyclic) bond motifs is 1. The number of hydrogen-bond donors (Lipinski definition) is 1. The van der Waals surface area contributed by atoms with Crippen LogP contribution in [-0.4, -0.2) is 46.5 Å². The second-order valence-corrected chi connectivity index (χ2v) is 6.57. The van der Waals surface area contributed by atoms with E-state index in [0.29, 0.717) is 11.0 Å². The minimum absolute atomic E-state index is 0.487. The van der Waals surface area contributed by atoms with Crippen molar-refractivity contribution in [3.63, 3.8) is 0 Å². The quantitative estimate of drug-likeness (QED) is 0.863. The Labute approximate surface area is 126 Å². The SMILES string of the molecule is CC1CN2CCCC2CN1Cc1cccc(C(N)=S)c1. The number of nitrogens with two attached hydrogens (primary N) is 1. The van der Waals surface area contributed by atoms with Crippen LogP contribution in [0.1, 0.15) is 30.9 Å². The largest absolute Gasteiger partial charge is 0.389 e. The zero-order chi connectivity index (χ0) is 14.1. The van der Waals surface area contributed by atoms with Crippen LogP contribution in [0.25, 0.3) is 0 Å². The first-order chi connectivity index (χ1) is 9.63. The first-order valence-corrected chi connectivity index (χ1v) is 7.91. The lowest BCUT2D eigenvalue weighted by Gasteiger charge is -2.42. The highest BCUT2D eigenvalue weighted by molar-refractivity contribution is 7.80. The number of thiocarbonyl (C=S) groups is 1. The smallest absolute Gasteiger partial charge is 0.103 e. The van der Waals surface area contributed by atoms with Crippen LogP contribution in [0.15, 0.2) is 24.3 Å². The van der Waals surface area contributed by atoms with Gasteiger partial charge >= 0.3 is 0 Å². The van der Waals surface area contributed by atoms with Gasteiger partial charge in [0.1, 0.15) is 4.99 Å². The molecule has 2 heterocycles. The zero-order valence-electron chi connectivity index (χ0n) is 12.1. The summed E-state index contributed by atoms with van der Waals surface area (Å²) < 4.78 is 0. The molecular formula is C16H23N3S. The molecule has 3 rings (SSSR count). The van der Waals surface area contributed by atoms with Crippen LogP contribution in [0.4, 0.5) is 0 Å². The van der Waals surface area contributed by atoms with E-state index in [-0.39, 0.29) is 0 Å². The molecule has 108 valence electrons. The van der Waals surface area contributed by atoms with Crippen molar-refractivity contribution in [3.8, 4) is 0 Å². The molecule has 1 aromatic rings. The molecule has 20 heavy (non-hydrogen) atoms. The van der Waals surface area contributed by atoms with Gasteiger partial charge in [0.05, 0.1) is 0 Å². The Balaban J connectivity index is 1.70. The number of nitrogens with zero attached hydrogens (tertiary/aromatic N) is 2. The maximum absolute atomic E-state index is 5.72. The van der Waals surface area contributed by atoms with Crippen LogP contribution in [0.3, 0.4) is 0 Å². The maximum Gasteiger partial charge on any atom is 0.103 e. The molecule has 4 heteroatoms. The highest BCUT2D eigenvalue weighted by atomic mass is 32.1. The summed E-state index contributed by atoms with van der Waals surface area (Å²) in [6.07, 6.45) is 2.72. The molecule has 0 aromatic heterocycles. The number of hydrogen-bond acceptors (Lipinski definition) is 3. The van der Waals surface area contributed by atoms with Crippen molar-refractivity contribution in [3.05, 3.63) is 35.4 Å². The van der Waals surface area contributed by atoms with Crippen molar-refractivity contribution in [1.82, 2.24) is 9.80 Å². The Morgan fingerprint density at radius 2 is 2.25 bits per heavy atom. The van der Waals surface area contributed by atoms with Crippen molar-refractivity contribution in [1.29, 1.82) is 0 Å². The average molecular weight is 289 g/mol. The van der Waals surface area contributed by atoms with E-state index in [4.69, 9.17) is 18.0 Å². The van der Waals surface area contributed by atoms with Crippen LogP contribution >= 0.6 is 12.2 Å². The molecule has 0 amide bonds. The van der Waals surface area contributed by atoms with E-state index in [1.807, 2.05) is 6.07 Å². The summed E-state index contributed by atoms with van der Waals surface area (Å²) in [4.78, 5) is 5.75. The third kappa shape index (κ3) is 2.87. The molecule has 0 bridgehead atoms. The standard InChI is InChI=1S/C16H23N3S/c1-12-9-18-7-3-6-15(18)11-19(12)10-13-4-2-5-14(8-13)16(17)20/h2,4-5,8,12,15H,3,6-7,9-11H2,1H3,(H2,17,20). The summed E-state index contributed by atoms with van der Waals surface area (Å²) in [6, 6.07) is 9.75. The van der Waals surface area contributed by atoms with Crippen molar-refractivity contribution < 1.29 is 0 Å². The van der Waals surface area contributed by atoms with Crippen LogP contribution < -0.4 is 5.73 Å². The maximum atomic E-state index is 5.72. The lowest BCUT2D eigenvalue weighted by Crippen LogP contribution is -2.54. The summed E-state index contributed by atoms with van der Waals surface area (Å²) in [7, 11) is 0. The third-order valence-electron chi connectivity index (χ3n) is 4.66. The Bertz CT molecular complexity index is 502. The van der Waals surface area contributed by atoms with E-state index in [2.05, 4.69) is 34.9 Å². The van der Waals surface area contributed by atoms with Crippen LogP contribution in [0.5, 0.6) is 0 Å². The molecule has 2 fully saturated rings. The van der Waals surface area contributed by atoms with Gasteiger partial charge in [-0.05, 0) is 37.9 Å². The number of piperazine rings is 1. The van der Waals surface area contributed by atoms with Gasteiger partial charge in [-0.2, -0.15) is 0 Å². The highest BCUT2D eigenvalue weighted by Crippen LogP contribution is 2.25. The molecule has 0 aliphatic carbocycles. The monoisotopic (exact) mass is 289 g/mol. The first kappa shape index (κ1) is 14.0. The number of rotatable bonds is 3. The molecule has 3 nitrogen and oxygen atoms in total. The Hall–Kier alpha value is -0.970. The van der Waals surface area contributed by atoms with E-state index in [0.717, 1.165) is 18.2 Å². The fourth-order valence-corrected chi connectivity index (χ4v) is 3.65. The molecule has 2 aliphatic heterocycles. The summed E-state index contributed by atoms with van der Waals surface area (Å²) in [5.74, 6) is 0. The molecule has 0 saturated carbocycles. The van der Waals surface area contributed by atoms with E-state index in [9.17, 15) is 0 Å². The second-order valence-electron chi connectivity index (χ2n) is 6.13. The summed E-state index contributed by atoms with van der Waals surface area (Å²) in [5.41, 5.74) is 8.01. The minimum atomic E-state index is 0.487.